The lowest BCUT2D eigenvalue weighted by Gasteiger charge is -2.00. The fourth-order valence-electron chi connectivity index (χ4n) is 2.01. The second-order valence-electron chi connectivity index (χ2n) is 5.02. The maximum absolute atomic E-state index is 13.0. The van der Waals surface area contributed by atoms with Crippen molar-refractivity contribution in [3.05, 3.63) is 35.0 Å². The van der Waals surface area contributed by atoms with E-state index in [0.717, 1.165) is 24.2 Å². The van der Waals surface area contributed by atoms with Crippen molar-refractivity contribution in [1.29, 1.82) is 0 Å². The molecule has 122 valence electrons. The first-order chi connectivity index (χ1) is 11.0. The Hall–Kier alpha value is -2.28. The lowest BCUT2D eigenvalue weighted by Crippen LogP contribution is -2.10. The van der Waals surface area contributed by atoms with Crippen LogP contribution < -0.4 is 5.32 Å². The first-order valence-electron chi connectivity index (χ1n) is 7.27. The summed E-state index contributed by atoms with van der Waals surface area (Å²) in [5.74, 6) is -1.51. The Morgan fingerprint density at radius 1 is 1.30 bits per heavy atom. The number of carbonyl (C=O) groups is 2. The molecule has 0 saturated carbocycles. The van der Waals surface area contributed by atoms with Crippen LogP contribution in [0.4, 0.5) is 9.52 Å². The topological polar surface area (TPSA) is 79.3 Å². The van der Waals surface area contributed by atoms with Crippen LogP contribution in [-0.2, 0) is 16.0 Å². The molecule has 0 saturated heterocycles. The molecule has 0 fully saturated rings. The normalized spacial score (nSPS) is 10.5. The standard InChI is InChI=1S/C16H17FN2O3S/c1-2-3-4-13(20)18-16-19-15(12(23-16)9-14(21)22)10-5-7-11(17)8-6-10/h5-8H,2-4,9H2,1H3,(H,21,22)(H,18,19,20). The highest BCUT2D eigenvalue weighted by atomic mass is 32.1. The zero-order chi connectivity index (χ0) is 16.8. The summed E-state index contributed by atoms with van der Waals surface area (Å²) in [6.45, 7) is 1.99. The highest BCUT2D eigenvalue weighted by molar-refractivity contribution is 7.16. The second kappa shape index (κ2) is 7.82. The molecule has 1 aromatic heterocycles. The van der Waals surface area contributed by atoms with Crippen molar-refractivity contribution in [3.8, 4) is 11.3 Å². The summed E-state index contributed by atoms with van der Waals surface area (Å²) in [6, 6.07) is 5.66. The van der Waals surface area contributed by atoms with Gasteiger partial charge in [0.15, 0.2) is 5.13 Å². The zero-order valence-electron chi connectivity index (χ0n) is 12.6. The van der Waals surface area contributed by atoms with Crippen LogP contribution >= 0.6 is 11.3 Å². The minimum atomic E-state index is -0.985. The van der Waals surface area contributed by atoms with Gasteiger partial charge in [0.05, 0.1) is 12.1 Å². The van der Waals surface area contributed by atoms with E-state index in [2.05, 4.69) is 10.3 Å². The van der Waals surface area contributed by atoms with Gasteiger partial charge in [-0.25, -0.2) is 9.37 Å². The van der Waals surface area contributed by atoms with Gasteiger partial charge in [0, 0.05) is 16.9 Å². The number of unbranched alkanes of at least 4 members (excludes halogenated alkanes) is 1. The molecule has 2 N–H and O–H groups in total. The van der Waals surface area contributed by atoms with Gasteiger partial charge in [-0.05, 0) is 30.7 Å². The van der Waals surface area contributed by atoms with E-state index in [9.17, 15) is 14.0 Å². The van der Waals surface area contributed by atoms with Crippen molar-refractivity contribution < 1.29 is 19.1 Å². The van der Waals surface area contributed by atoms with Crippen LogP contribution in [0.3, 0.4) is 0 Å². The number of hydrogen-bond donors (Lipinski definition) is 2. The number of hydrogen-bond acceptors (Lipinski definition) is 4. The predicted molar refractivity (Wildman–Crippen MR) is 87.0 cm³/mol. The van der Waals surface area contributed by atoms with Crippen molar-refractivity contribution in [1.82, 2.24) is 4.98 Å². The smallest absolute Gasteiger partial charge is 0.308 e. The molecule has 0 aliphatic rings. The van der Waals surface area contributed by atoms with Gasteiger partial charge in [-0.2, -0.15) is 0 Å². The van der Waals surface area contributed by atoms with E-state index in [1.807, 2.05) is 6.92 Å². The third-order valence-corrected chi connectivity index (χ3v) is 4.10. The third kappa shape index (κ3) is 4.85. The number of aliphatic carboxylic acids is 1. The largest absolute Gasteiger partial charge is 0.481 e. The lowest BCUT2D eigenvalue weighted by atomic mass is 10.1. The first kappa shape index (κ1) is 17.1. The number of halogens is 1. The monoisotopic (exact) mass is 336 g/mol. The Kier molecular flexibility index (Phi) is 5.81. The van der Waals surface area contributed by atoms with Gasteiger partial charge in [-0.1, -0.05) is 13.3 Å². The van der Waals surface area contributed by atoms with Gasteiger partial charge in [0.25, 0.3) is 0 Å². The van der Waals surface area contributed by atoms with Gasteiger partial charge < -0.3 is 10.4 Å². The Bertz CT molecular complexity index is 698. The summed E-state index contributed by atoms with van der Waals surface area (Å²) in [5, 5.41) is 12.1. The van der Waals surface area contributed by atoms with E-state index in [-0.39, 0.29) is 18.1 Å². The van der Waals surface area contributed by atoms with Gasteiger partial charge in [0.1, 0.15) is 5.82 Å². The molecule has 0 aliphatic carbocycles. The molecular weight excluding hydrogens is 319 g/mol. The van der Waals surface area contributed by atoms with Crippen LogP contribution in [0.5, 0.6) is 0 Å². The molecule has 0 radical (unpaired) electrons. The highest BCUT2D eigenvalue weighted by Gasteiger charge is 2.17. The number of aromatic nitrogens is 1. The van der Waals surface area contributed by atoms with Crippen molar-refractivity contribution in [2.45, 2.75) is 32.6 Å². The number of carbonyl (C=O) groups excluding carboxylic acids is 1. The molecule has 5 nitrogen and oxygen atoms in total. The number of amides is 1. The van der Waals surface area contributed by atoms with Crippen molar-refractivity contribution >= 4 is 28.3 Å². The Balaban J connectivity index is 2.27. The molecule has 1 amide bonds. The summed E-state index contributed by atoms with van der Waals surface area (Å²) >= 11 is 1.13. The number of carboxylic acid groups (broad SMARTS) is 1. The van der Waals surface area contributed by atoms with Crippen LogP contribution in [0.1, 0.15) is 31.1 Å². The predicted octanol–water partition coefficient (Wildman–Crippen LogP) is 3.71. The molecule has 0 aliphatic heterocycles. The highest BCUT2D eigenvalue weighted by Crippen LogP contribution is 2.32. The number of thiazole rings is 1. The summed E-state index contributed by atoms with van der Waals surface area (Å²) in [5.41, 5.74) is 1.08. The molecule has 0 bridgehead atoms. The van der Waals surface area contributed by atoms with Gasteiger partial charge in [-0.3, -0.25) is 9.59 Å². The fourth-order valence-corrected chi connectivity index (χ4v) is 3.01. The maximum Gasteiger partial charge on any atom is 0.308 e. The lowest BCUT2D eigenvalue weighted by molar-refractivity contribution is -0.136. The Morgan fingerprint density at radius 3 is 2.61 bits per heavy atom. The summed E-state index contributed by atoms with van der Waals surface area (Å²) in [4.78, 5) is 27.6. The van der Waals surface area contributed by atoms with E-state index >= 15 is 0 Å². The summed E-state index contributed by atoms with van der Waals surface area (Å²) in [7, 11) is 0. The van der Waals surface area contributed by atoms with Crippen LogP contribution in [0.2, 0.25) is 0 Å². The number of anilines is 1. The van der Waals surface area contributed by atoms with Crippen molar-refractivity contribution in [3.63, 3.8) is 0 Å². The fraction of sp³-hybridized carbons (Fsp3) is 0.312. The molecular formula is C16H17FN2O3S. The van der Waals surface area contributed by atoms with E-state index in [1.165, 1.54) is 12.1 Å². The second-order valence-corrected chi connectivity index (χ2v) is 6.10. The molecule has 2 aromatic rings. The number of rotatable bonds is 7. The van der Waals surface area contributed by atoms with E-state index in [4.69, 9.17) is 5.11 Å². The molecule has 0 spiro atoms. The number of carboxylic acids is 1. The van der Waals surface area contributed by atoms with Crippen LogP contribution in [0, 0.1) is 5.82 Å². The number of benzene rings is 1. The summed E-state index contributed by atoms with van der Waals surface area (Å²) < 4.78 is 13.0. The molecule has 0 unspecified atom stereocenters. The minimum Gasteiger partial charge on any atom is -0.481 e. The molecule has 1 aromatic carbocycles. The van der Waals surface area contributed by atoms with Crippen molar-refractivity contribution in [2.24, 2.45) is 0 Å². The molecule has 7 heteroatoms. The SMILES string of the molecule is CCCCC(=O)Nc1nc(-c2ccc(F)cc2)c(CC(=O)O)s1. The average molecular weight is 336 g/mol. The Labute approximate surface area is 137 Å². The molecule has 2 rings (SSSR count). The zero-order valence-corrected chi connectivity index (χ0v) is 13.5. The third-order valence-electron chi connectivity index (χ3n) is 3.13. The van der Waals surface area contributed by atoms with E-state index < -0.39 is 5.97 Å². The van der Waals surface area contributed by atoms with Crippen molar-refractivity contribution in [2.75, 3.05) is 5.32 Å². The van der Waals surface area contributed by atoms with Crippen LogP contribution in [0.25, 0.3) is 11.3 Å². The molecule has 1 heterocycles. The van der Waals surface area contributed by atoms with Gasteiger partial charge in [0.2, 0.25) is 5.91 Å². The van der Waals surface area contributed by atoms with Crippen LogP contribution in [-0.4, -0.2) is 22.0 Å². The van der Waals surface area contributed by atoms with E-state index in [1.54, 1.807) is 12.1 Å². The van der Waals surface area contributed by atoms with Gasteiger partial charge in [-0.15, -0.1) is 11.3 Å². The average Bonchev–Trinajstić information content (AvgIpc) is 2.87. The van der Waals surface area contributed by atoms with Gasteiger partial charge >= 0.3 is 5.97 Å². The Morgan fingerprint density at radius 2 is 2.00 bits per heavy atom. The number of nitrogens with zero attached hydrogens (tertiary/aromatic N) is 1. The first-order valence-corrected chi connectivity index (χ1v) is 8.08. The van der Waals surface area contributed by atoms with Crippen LogP contribution in [0.15, 0.2) is 24.3 Å². The molecule has 23 heavy (non-hydrogen) atoms. The minimum absolute atomic E-state index is 0.145. The maximum atomic E-state index is 13.0. The number of nitrogens with one attached hydrogen (secondary N) is 1. The molecule has 0 atom stereocenters. The summed E-state index contributed by atoms with van der Waals surface area (Å²) in [6.07, 6.45) is 1.89. The quantitative estimate of drug-likeness (QED) is 0.808. The van der Waals surface area contributed by atoms with E-state index in [0.29, 0.717) is 27.7 Å².